The van der Waals surface area contributed by atoms with Gasteiger partial charge in [0, 0.05) is 38.0 Å². The number of anilines is 2. The van der Waals surface area contributed by atoms with Crippen molar-refractivity contribution >= 4 is 40.7 Å². The molecule has 2 aromatic rings. The van der Waals surface area contributed by atoms with E-state index in [9.17, 15) is 14.4 Å². The van der Waals surface area contributed by atoms with E-state index < -0.39 is 5.91 Å². The summed E-state index contributed by atoms with van der Waals surface area (Å²) in [5.41, 5.74) is 2.49. The van der Waals surface area contributed by atoms with Crippen LogP contribution < -0.4 is 10.6 Å². The Morgan fingerprint density at radius 3 is 2.31 bits per heavy atom. The maximum atomic E-state index is 12.6. The van der Waals surface area contributed by atoms with Crippen LogP contribution in [0.5, 0.6) is 0 Å². The average molecular weight is 374 g/mol. The van der Waals surface area contributed by atoms with Crippen molar-refractivity contribution in [2.24, 2.45) is 0 Å². The van der Waals surface area contributed by atoms with Gasteiger partial charge in [0.25, 0.3) is 11.8 Å². The predicted molar refractivity (Wildman–Crippen MR) is 103 cm³/mol. The molecular formula is C19H20ClN3O3. The van der Waals surface area contributed by atoms with Crippen LogP contribution in [0.15, 0.2) is 36.4 Å². The van der Waals surface area contributed by atoms with E-state index in [0.29, 0.717) is 16.9 Å². The summed E-state index contributed by atoms with van der Waals surface area (Å²) >= 11 is 6.12. The summed E-state index contributed by atoms with van der Waals surface area (Å²) in [6.07, 6.45) is 0. The molecule has 26 heavy (non-hydrogen) atoms. The first-order valence-electron chi connectivity index (χ1n) is 7.90. The molecule has 0 aliphatic carbocycles. The zero-order valence-corrected chi connectivity index (χ0v) is 15.8. The second-order valence-corrected chi connectivity index (χ2v) is 6.47. The van der Waals surface area contributed by atoms with E-state index >= 15 is 0 Å². The van der Waals surface area contributed by atoms with E-state index in [0.717, 1.165) is 5.56 Å². The highest BCUT2D eigenvalue weighted by molar-refractivity contribution is 6.34. The summed E-state index contributed by atoms with van der Waals surface area (Å²) < 4.78 is 0. The molecule has 136 valence electrons. The third-order valence-electron chi connectivity index (χ3n) is 3.67. The van der Waals surface area contributed by atoms with Gasteiger partial charge in [-0.25, -0.2) is 0 Å². The Labute approximate surface area is 157 Å². The number of rotatable bonds is 4. The standard InChI is InChI=1S/C19H20ClN3O3/c1-11-5-6-13(19(26)23(3)4)9-17(11)22-18(25)15-10-14(21-12(2)24)7-8-16(15)20/h5-10H,1-4H3,(H,21,24)(H,22,25). The zero-order chi connectivity index (χ0) is 19.4. The number of carbonyl (C=O) groups excluding carboxylic acids is 3. The Morgan fingerprint density at radius 1 is 1.00 bits per heavy atom. The molecule has 0 bridgehead atoms. The number of hydrogen-bond donors (Lipinski definition) is 2. The SMILES string of the molecule is CC(=O)Nc1ccc(Cl)c(C(=O)Nc2cc(C(=O)N(C)C)ccc2C)c1. The van der Waals surface area contributed by atoms with Gasteiger partial charge in [0.15, 0.2) is 0 Å². The second kappa shape index (κ2) is 8.01. The molecule has 0 heterocycles. The van der Waals surface area contributed by atoms with Crippen molar-refractivity contribution in [3.8, 4) is 0 Å². The van der Waals surface area contributed by atoms with Crippen molar-refractivity contribution in [3.05, 3.63) is 58.1 Å². The highest BCUT2D eigenvalue weighted by Crippen LogP contribution is 2.24. The normalized spacial score (nSPS) is 10.2. The molecule has 0 aromatic heterocycles. The van der Waals surface area contributed by atoms with Crippen LogP contribution in [-0.2, 0) is 4.79 Å². The van der Waals surface area contributed by atoms with Crippen molar-refractivity contribution in [3.63, 3.8) is 0 Å². The van der Waals surface area contributed by atoms with Gasteiger partial charge in [-0.15, -0.1) is 0 Å². The number of benzene rings is 2. The Bertz CT molecular complexity index is 878. The van der Waals surface area contributed by atoms with Crippen LogP contribution in [0.25, 0.3) is 0 Å². The minimum atomic E-state index is -0.431. The number of aryl methyl sites for hydroxylation is 1. The molecule has 0 saturated heterocycles. The van der Waals surface area contributed by atoms with Gasteiger partial charge in [-0.05, 0) is 42.8 Å². The number of nitrogens with zero attached hydrogens (tertiary/aromatic N) is 1. The first-order valence-corrected chi connectivity index (χ1v) is 8.27. The van der Waals surface area contributed by atoms with E-state index in [-0.39, 0.29) is 22.4 Å². The molecule has 2 aromatic carbocycles. The van der Waals surface area contributed by atoms with E-state index in [2.05, 4.69) is 10.6 Å². The van der Waals surface area contributed by atoms with Crippen LogP contribution in [-0.4, -0.2) is 36.7 Å². The zero-order valence-electron chi connectivity index (χ0n) is 15.0. The number of amides is 3. The van der Waals surface area contributed by atoms with Gasteiger partial charge >= 0.3 is 0 Å². The third-order valence-corrected chi connectivity index (χ3v) is 4.00. The molecular weight excluding hydrogens is 354 g/mol. The molecule has 0 aliphatic heterocycles. The molecule has 3 amide bonds. The first-order chi connectivity index (χ1) is 12.2. The lowest BCUT2D eigenvalue weighted by Gasteiger charge is -2.14. The van der Waals surface area contributed by atoms with Gasteiger partial charge < -0.3 is 15.5 Å². The molecule has 2 rings (SSSR count). The topological polar surface area (TPSA) is 78.5 Å². The van der Waals surface area contributed by atoms with Crippen molar-refractivity contribution in [1.82, 2.24) is 4.90 Å². The fourth-order valence-corrected chi connectivity index (χ4v) is 2.52. The molecule has 7 heteroatoms. The fraction of sp³-hybridized carbons (Fsp3) is 0.211. The lowest BCUT2D eigenvalue weighted by molar-refractivity contribution is -0.114. The van der Waals surface area contributed by atoms with Crippen molar-refractivity contribution in [2.75, 3.05) is 24.7 Å². The maximum absolute atomic E-state index is 12.6. The molecule has 0 saturated carbocycles. The van der Waals surface area contributed by atoms with Gasteiger partial charge in [0.05, 0.1) is 10.6 Å². The molecule has 0 fully saturated rings. The Hall–Kier alpha value is -2.86. The Morgan fingerprint density at radius 2 is 1.69 bits per heavy atom. The summed E-state index contributed by atoms with van der Waals surface area (Å²) in [4.78, 5) is 37.4. The van der Waals surface area contributed by atoms with E-state index in [1.807, 2.05) is 6.92 Å². The van der Waals surface area contributed by atoms with Crippen LogP contribution in [0.2, 0.25) is 5.02 Å². The second-order valence-electron chi connectivity index (χ2n) is 6.06. The quantitative estimate of drug-likeness (QED) is 0.860. The van der Waals surface area contributed by atoms with Gasteiger partial charge in [0.2, 0.25) is 5.91 Å². The van der Waals surface area contributed by atoms with Crippen LogP contribution in [0, 0.1) is 6.92 Å². The summed E-state index contributed by atoms with van der Waals surface area (Å²) in [5, 5.41) is 5.65. The van der Waals surface area contributed by atoms with Gasteiger partial charge in [-0.2, -0.15) is 0 Å². The summed E-state index contributed by atoms with van der Waals surface area (Å²) in [5.74, 6) is -0.838. The summed E-state index contributed by atoms with van der Waals surface area (Å²) in [6, 6.07) is 9.76. The fourth-order valence-electron chi connectivity index (χ4n) is 2.32. The number of nitrogens with one attached hydrogen (secondary N) is 2. The van der Waals surface area contributed by atoms with Crippen molar-refractivity contribution in [1.29, 1.82) is 0 Å². The van der Waals surface area contributed by atoms with Gasteiger partial charge in [0.1, 0.15) is 0 Å². The van der Waals surface area contributed by atoms with Crippen LogP contribution in [0.3, 0.4) is 0 Å². The van der Waals surface area contributed by atoms with Crippen molar-refractivity contribution < 1.29 is 14.4 Å². The third kappa shape index (κ3) is 4.61. The van der Waals surface area contributed by atoms with E-state index in [4.69, 9.17) is 11.6 Å². The molecule has 0 aliphatic rings. The van der Waals surface area contributed by atoms with Gasteiger partial charge in [-0.1, -0.05) is 17.7 Å². The Kier molecular flexibility index (Phi) is 6.00. The average Bonchev–Trinajstić information content (AvgIpc) is 2.57. The Balaban J connectivity index is 2.31. The lowest BCUT2D eigenvalue weighted by atomic mass is 10.1. The predicted octanol–water partition coefficient (Wildman–Crippen LogP) is 3.56. The maximum Gasteiger partial charge on any atom is 0.257 e. The lowest BCUT2D eigenvalue weighted by Crippen LogP contribution is -2.22. The first kappa shape index (κ1) is 19.5. The number of carbonyl (C=O) groups is 3. The van der Waals surface area contributed by atoms with E-state index in [1.165, 1.54) is 17.9 Å². The molecule has 0 spiro atoms. The van der Waals surface area contributed by atoms with Crippen LogP contribution in [0.4, 0.5) is 11.4 Å². The van der Waals surface area contributed by atoms with Crippen LogP contribution >= 0.6 is 11.6 Å². The molecule has 2 N–H and O–H groups in total. The summed E-state index contributed by atoms with van der Waals surface area (Å²) in [7, 11) is 3.32. The monoisotopic (exact) mass is 373 g/mol. The van der Waals surface area contributed by atoms with Crippen molar-refractivity contribution in [2.45, 2.75) is 13.8 Å². The largest absolute Gasteiger partial charge is 0.345 e. The minimum absolute atomic E-state index is 0.161. The molecule has 0 atom stereocenters. The highest BCUT2D eigenvalue weighted by atomic mass is 35.5. The number of hydrogen-bond acceptors (Lipinski definition) is 3. The van der Waals surface area contributed by atoms with E-state index in [1.54, 1.807) is 44.4 Å². The minimum Gasteiger partial charge on any atom is -0.345 e. The molecule has 0 unspecified atom stereocenters. The smallest absolute Gasteiger partial charge is 0.257 e. The molecule has 0 radical (unpaired) electrons. The van der Waals surface area contributed by atoms with Gasteiger partial charge in [-0.3, -0.25) is 14.4 Å². The van der Waals surface area contributed by atoms with Crippen LogP contribution in [0.1, 0.15) is 33.2 Å². The summed E-state index contributed by atoms with van der Waals surface area (Å²) in [6.45, 7) is 3.21. The molecule has 6 nitrogen and oxygen atoms in total. The highest BCUT2D eigenvalue weighted by Gasteiger charge is 2.15. The number of halogens is 1.